The Morgan fingerprint density at radius 2 is 1.87 bits per heavy atom. The van der Waals surface area contributed by atoms with Gasteiger partial charge in [0.1, 0.15) is 11.1 Å². The van der Waals surface area contributed by atoms with Gasteiger partial charge in [-0.3, -0.25) is 9.36 Å². The molecule has 1 saturated heterocycles. The average molecular weight is 596 g/mol. The number of aromatic nitrogens is 2. The van der Waals surface area contributed by atoms with Gasteiger partial charge in [0.05, 0.1) is 48.5 Å². The van der Waals surface area contributed by atoms with E-state index in [1.54, 1.807) is 25.1 Å². The van der Waals surface area contributed by atoms with Crippen LogP contribution in [0.2, 0.25) is 15.1 Å². The molecule has 38 heavy (non-hydrogen) atoms. The van der Waals surface area contributed by atoms with E-state index in [0.717, 1.165) is 5.56 Å². The normalized spacial score (nSPS) is 15.5. The monoisotopic (exact) mass is 594 g/mol. The first-order valence-electron chi connectivity index (χ1n) is 11.8. The summed E-state index contributed by atoms with van der Waals surface area (Å²) in [5.74, 6) is -0.313. The second-order valence-electron chi connectivity index (χ2n) is 8.71. The second kappa shape index (κ2) is 12.1. The third-order valence-electron chi connectivity index (χ3n) is 6.08. The molecule has 13 heteroatoms. The van der Waals surface area contributed by atoms with Crippen molar-refractivity contribution in [2.24, 2.45) is 0 Å². The number of halogens is 3. The Morgan fingerprint density at radius 3 is 2.53 bits per heavy atom. The fourth-order valence-corrected chi connectivity index (χ4v) is 7.53. The summed E-state index contributed by atoms with van der Waals surface area (Å²) in [7, 11) is -3.65. The highest BCUT2D eigenvalue weighted by atomic mass is 35.5. The van der Waals surface area contributed by atoms with Crippen molar-refractivity contribution in [2.45, 2.75) is 26.8 Å². The average Bonchev–Trinajstić information content (AvgIpc) is 3.20. The van der Waals surface area contributed by atoms with Crippen LogP contribution in [-0.4, -0.2) is 46.7 Å². The molecule has 0 spiro atoms. The van der Waals surface area contributed by atoms with Crippen molar-refractivity contribution in [3.63, 3.8) is 0 Å². The first-order valence-corrected chi connectivity index (χ1v) is 14.6. The van der Waals surface area contributed by atoms with Gasteiger partial charge < -0.3 is 15.1 Å². The Morgan fingerprint density at radius 1 is 1.13 bits per heavy atom. The van der Waals surface area contributed by atoms with Crippen molar-refractivity contribution in [3.05, 3.63) is 68.3 Å². The van der Waals surface area contributed by atoms with Crippen LogP contribution in [0, 0.1) is 25.2 Å². The number of nitrogens with one attached hydrogen (secondary N) is 2. The largest absolute Gasteiger partial charge is 0.379 e. The van der Waals surface area contributed by atoms with Gasteiger partial charge in [0, 0.05) is 28.8 Å². The number of aryl methyl sites for hydroxylation is 3. The number of benzene rings is 2. The van der Waals surface area contributed by atoms with Crippen LogP contribution in [0.3, 0.4) is 0 Å². The lowest BCUT2D eigenvalue weighted by molar-refractivity contribution is 0.0729. The van der Waals surface area contributed by atoms with Gasteiger partial charge in [-0.2, -0.15) is 10.4 Å². The van der Waals surface area contributed by atoms with Gasteiger partial charge in [0.25, 0.3) is 13.4 Å². The summed E-state index contributed by atoms with van der Waals surface area (Å²) in [6.45, 7) is 5.35. The molecule has 0 aliphatic carbocycles. The van der Waals surface area contributed by atoms with Crippen molar-refractivity contribution in [1.82, 2.24) is 14.5 Å². The summed E-state index contributed by atoms with van der Waals surface area (Å²) in [5, 5.41) is 21.3. The van der Waals surface area contributed by atoms with Crippen LogP contribution in [0.5, 0.6) is 0 Å². The fraction of sp³-hybridized carbons (Fsp3) is 0.320. The van der Waals surface area contributed by atoms with E-state index in [-0.39, 0.29) is 29.4 Å². The number of hydrogen-bond acceptors (Lipinski definition) is 5. The maximum absolute atomic E-state index is 15.1. The summed E-state index contributed by atoms with van der Waals surface area (Å²) in [6, 6.07) is 12.0. The Balaban J connectivity index is 1.85. The summed E-state index contributed by atoms with van der Waals surface area (Å²) in [4.78, 5) is 13.4. The molecule has 0 saturated carbocycles. The van der Waals surface area contributed by atoms with Crippen LogP contribution in [0.25, 0.3) is 0 Å². The molecule has 1 aliphatic rings. The molecule has 4 rings (SSSR count). The number of amides is 1. The number of carbonyl (C=O) groups excluding carboxylic acids is 1. The number of anilines is 2. The number of rotatable bonds is 8. The molecule has 1 atom stereocenters. The first kappa shape index (κ1) is 28.4. The zero-order valence-corrected chi connectivity index (χ0v) is 24.0. The minimum absolute atomic E-state index is 0.133. The highest BCUT2D eigenvalue weighted by molar-refractivity contribution is 7.71. The molecule has 1 aliphatic heterocycles. The van der Waals surface area contributed by atoms with Gasteiger partial charge in [-0.15, -0.1) is 0 Å². The molecule has 1 amide bonds. The quantitative estimate of drug-likeness (QED) is 0.312. The first-order chi connectivity index (χ1) is 18.1. The van der Waals surface area contributed by atoms with Crippen LogP contribution in [0.15, 0.2) is 36.4 Å². The van der Waals surface area contributed by atoms with Gasteiger partial charge in [-0.25, -0.2) is 9.35 Å². The van der Waals surface area contributed by atoms with Crippen molar-refractivity contribution in [2.75, 3.05) is 36.7 Å². The Labute approximate surface area is 236 Å². The van der Waals surface area contributed by atoms with E-state index in [2.05, 4.69) is 21.6 Å². The molecule has 0 unspecified atom stereocenters. The molecule has 1 fully saturated rings. The van der Waals surface area contributed by atoms with Gasteiger partial charge >= 0.3 is 0 Å². The van der Waals surface area contributed by atoms with Gasteiger partial charge in [-0.05, 0) is 49.7 Å². The number of morpholine rings is 1. The third-order valence-corrected chi connectivity index (χ3v) is 9.93. The zero-order valence-electron chi connectivity index (χ0n) is 20.8. The lowest BCUT2D eigenvalue weighted by Gasteiger charge is -2.35. The molecule has 2 aromatic carbocycles. The molecular formula is C25H26Cl3N6O3P. The number of hydrogen-bond donors (Lipinski definition) is 2. The van der Waals surface area contributed by atoms with E-state index in [0.29, 0.717) is 53.0 Å². The van der Waals surface area contributed by atoms with Crippen LogP contribution < -0.4 is 15.7 Å². The van der Waals surface area contributed by atoms with Crippen LogP contribution in [0.4, 0.5) is 11.5 Å². The fourth-order valence-electron chi connectivity index (χ4n) is 4.17. The molecule has 2 heterocycles. The van der Waals surface area contributed by atoms with Gasteiger partial charge in [-0.1, -0.05) is 40.9 Å². The van der Waals surface area contributed by atoms with Crippen molar-refractivity contribution in [1.29, 1.82) is 5.26 Å². The van der Waals surface area contributed by atoms with Crippen molar-refractivity contribution >= 4 is 65.0 Å². The summed E-state index contributed by atoms with van der Waals surface area (Å²) in [6.07, 6.45) is 0.133. The molecular weight excluding hydrogens is 570 g/mol. The van der Waals surface area contributed by atoms with E-state index in [1.165, 1.54) is 16.8 Å². The number of nitriles is 1. The summed E-state index contributed by atoms with van der Waals surface area (Å²) in [5.41, 5.74) is 2.07. The minimum atomic E-state index is -3.65. The van der Waals surface area contributed by atoms with Crippen LogP contribution in [-0.2, 0) is 15.8 Å². The summed E-state index contributed by atoms with van der Waals surface area (Å²) >= 11 is 18.7. The molecule has 3 aromatic rings. The van der Waals surface area contributed by atoms with Crippen LogP contribution >= 0.6 is 42.2 Å². The van der Waals surface area contributed by atoms with Crippen LogP contribution in [0.1, 0.15) is 28.0 Å². The number of nitrogens with zero attached hydrogens (tertiary/aromatic N) is 4. The predicted octanol–water partition coefficient (Wildman–Crippen LogP) is 5.89. The standard InChI is InChI=1S/C25H26Cl3N6O3P/c1-16-4-6-19(15-21(16)27)32-38(36,33-10-12-37-13-11-33)23-17(2)31-34(9-3-8-29)24(23)30-25(35)20-7-5-18(26)14-22(20)28/h4-7,14-15H,3,9-13H2,1-2H3,(H,30,35)(H,32,36)/t38-/m0/s1. The van der Waals surface area contributed by atoms with E-state index < -0.39 is 13.4 Å². The SMILES string of the molecule is Cc1ccc(N[P@@](=O)(c2c(C)nn(CCC#N)c2NC(=O)c2ccc(Cl)cc2Cl)N2CCOCC2)cc1Cl. The Hall–Kier alpha value is -2.57. The highest BCUT2D eigenvalue weighted by Gasteiger charge is 2.40. The topological polar surface area (TPSA) is 112 Å². The molecule has 0 radical (unpaired) electrons. The lowest BCUT2D eigenvalue weighted by Crippen LogP contribution is -2.40. The van der Waals surface area contributed by atoms with E-state index in [1.807, 2.05) is 17.7 Å². The smallest absolute Gasteiger partial charge is 0.272 e. The maximum atomic E-state index is 15.1. The number of carbonyl (C=O) groups is 1. The predicted molar refractivity (Wildman–Crippen MR) is 151 cm³/mol. The molecule has 200 valence electrons. The number of ether oxygens (including phenoxy) is 1. The van der Waals surface area contributed by atoms with Gasteiger partial charge in [0.15, 0.2) is 0 Å². The lowest BCUT2D eigenvalue weighted by atomic mass is 10.2. The molecule has 0 bridgehead atoms. The maximum Gasteiger partial charge on any atom is 0.272 e. The minimum Gasteiger partial charge on any atom is -0.379 e. The van der Waals surface area contributed by atoms with Crippen molar-refractivity contribution in [3.8, 4) is 6.07 Å². The third kappa shape index (κ3) is 6.02. The molecule has 2 N–H and O–H groups in total. The highest BCUT2D eigenvalue weighted by Crippen LogP contribution is 2.51. The molecule has 9 nitrogen and oxygen atoms in total. The zero-order chi connectivity index (χ0) is 27.4. The van der Waals surface area contributed by atoms with Gasteiger partial charge in [0.2, 0.25) is 0 Å². The summed E-state index contributed by atoms with van der Waals surface area (Å²) < 4.78 is 23.9. The Kier molecular flexibility index (Phi) is 9.04. The Bertz CT molecular complexity index is 1450. The second-order valence-corrected chi connectivity index (χ2v) is 12.3. The van der Waals surface area contributed by atoms with Crippen molar-refractivity contribution < 1.29 is 14.1 Å². The van der Waals surface area contributed by atoms with E-state index >= 15 is 4.57 Å². The van der Waals surface area contributed by atoms with E-state index in [4.69, 9.17) is 39.5 Å². The molecule has 1 aromatic heterocycles. The van der Waals surface area contributed by atoms with E-state index in [9.17, 15) is 10.1 Å².